The van der Waals surface area contributed by atoms with Gasteiger partial charge in [0.05, 0.1) is 19.0 Å². The first kappa shape index (κ1) is 25.8. The number of nitrogens with one attached hydrogen (secondary N) is 2. The fourth-order valence-corrected chi connectivity index (χ4v) is 4.60. The predicted molar refractivity (Wildman–Crippen MR) is 142 cm³/mol. The van der Waals surface area contributed by atoms with E-state index in [1.54, 1.807) is 19.1 Å². The van der Waals surface area contributed by atoms with Crippen LogP contribution in [0.1, 0.15) is 34.7 Å². The van der Waals surface area contributed by atoms with E-state index in [1.165, 1.54) is 10.8 Å². The van der Waals surface area contributed by atoms with Crippen LogP contribution in [0.5, 0.6) is 5.75 Å². The van der Waals surface area contributed by atoms with Gasteiger partial charge in [0.15, 0.2) is 5.69 Å². The van der Waals surface area contributed by atoms with Gasteiger partial charge in [-0.3, -0.25) is 9.59 Å². The number of aliphatic carboxylic acids is 1. The van der Waals surface area contributed by atoms with Crippen LogP contribution < -0.4 is 16.2 Å². The number of aromatic nitrogens is 2. The largest absolute Gasteiger partial charge is 0.505 e. The summed E-state index contributed by atoms with van der Waals surface area (Å²) in [6.45, 7) is 3.62. The lowest BCUT2D eigenvalue weighted by Gasteiger charge is -2.19. The van der Waals surface area contributed by atoms with E-state index in [2.05, 4.69) is 10.6 Å². The Morgan fingerprint density at radius 3 is 2.57 bits per heavy atom. The minimum absolute atomic E-state index is 0.139. The lowest BCUT2D eigenvalue weighted by molar-refractivity contribution is -0.137. The average molecular weight is 523 g/mol. The molecule has 0 radical (unpaired) electrons. The highest BCUT2D eigenvalue weighted by Gasteiger charge is 2.22. The number of urea groups is 1. The number of anilines is 1. The van der Waals surface area contributed by atoms with Crippen molar-refractivity contribution >= 4 is 40.2 Å². The number of hydrogen-bond donors (Lipinski definition) is 4. The Morgan fingerprint density at radius 1 is 1.11 bits per heavy atom. The molecule has 0 aliphatic rings. The van der Waals surface area contributed by atoms with E-state index in [-0.39, 0.29) is 24.4 Å². The van der Waals surface area contributed by atoms with Crippen LogP contribution in [-0.2, 0) is 18.4 Å². The summed E-state index contributed by atoms with van der Waals surface area (Å²) in [5, 5.41) is 26.4. The van der Waals surface area contributed by atoms with E-state index in [4.69, 9.17) is 11.6 Å². The maximum atomic E-state index is 13.2. The van der Waals surface area contributed by atoms with Gasteiger partial charge in [-0.05, 0) is 60.2 Å². The Kier molecular flexibility index (Phi) is 7.26. The number of aryl methyl sites for hydroxylation is 3. The quantitative estimate of drug-likeness (QED) is 0.280. The van der Waals surface area contributed by atoms with Gasteiger partial charge in [-0.15, -0.1) is 0 Å². The van der Waals surface area contributed by atoms with Crippen LogP contribution in [0.2, 0.25) is 5.02 Å². The minimum atomic E-state index is -1.10. The maximum Gasteiger partial charge on any atom is 0.319 e. The molecule has 2 heterocycles. The van der Waals surface area contributed by atoms with Gasteiger partial charge in [-0.25, -0.2) is 4.79 Å². The number of carbonyl (C=O) groups is 2. The molecule has 37 heavy (non-hydrogen) atoms. The summed E-state index contributed by atoms with van der Waals surface area (Å²) in [5.41, 5.74) is 2.62. The highest BCUT2D eigenvalue weighted by molar-refractivity contribution is 6.31. The Balaban J connectivity index is 1.62. The fraction of sp³-hybridized carbons (Fsp3) is 0.222. The van der Waals surface area contributed by atoms with E-state index < -0.39 is 23.6 Å². The summed E-state index contributed by atoms with van der Waals surface area (Å²) in [5.74, 6) is -1.47. The number of hydrogen-bond acceptors (Lipinski definition) is 4. The number of carboxylic acids is 1. The summed E-state index contributed by atoms with van der Waals surface area (Å²) in [6.07, 6.45) is 3.00. The third-order valence-corrected chi connectivity index (χ3v) is 6.70. The molecule has 4 N–H and O–H groups in total. The molecule has 0 bridgehead atoms. The van der Waals surface area contributed by atoms with Crippen molar-refractivity contribution in [3.63, 3.8) is 0 Å². The molecule has 2 aromatic carbocycles. The summed E-state index contributed by atoms with van der Waals surface area (Å²) >= 11 is 6.33. The van der Waals surface area contributed by atoms with Gasteiger partial charge in [0.1, 0.15) is 5.75 Å². The van der Waals surface area contributed by atoms with Crippen LogP contribution in [-0.4, -0.2) is 31.3 Å². The zero-order valence-corrected chi connectivity index (χ0v) is 21.3. The predicted octanol–water partition coefficient (Wildman–Crippen LogP) is 4.70. The third-order valence-electron chi connectivity index (χ3n) is 6.35. The number of rotatable bonds is 7. The lowest BCUT2D eigenvalue weighted by atomic mass is 10.0. The van der Waals surface area contributed by atoms with Gasteiger partial charge in [-0.1, -0.05) is 29.8 Å². The zero-order chi connectivity index (χ0) is 26.9. The molecule has 2 amide bonds. The summed E-state index contributed by atoms with van der Waals surface area (Å²) in [6, 6.07) is 11.0. The van der Waals surface area contributed by atoms with Crippen LogP contribution in [0, 0.1) is 13.8 Å². The Morgan fingerprint density at radius 2 is 1.86 bits per heavy atom. The Labute approximate surface area is 217 Å². The van der Waals surface area contributed by atoms with Gasteiger partial charge >= 0.3 is 12.0 Å². The van der Waals surface area contributed by atoms with E-state index in [9.17, 15) is 24.6 Å². The lowest BCUT2D eigenvalue weighted by Crippen LogP contribution is -2.36. The molecule has 4 rings (SSSR count). The third kappa shape index (κ3) is 5.46. The molecule has 0 saturated heterocycles. The second kappa shape index (κ2) is 10.4. The van der Waals surface area contributed by atoms with Crippen molar-refractivity contribution < 1.29 is 19.8 Å². The molecule has 10 heteroatoms. The van der Waals surface area contributed by atoms with Crippen LogP contribution in [0.25, 0.3) is 10.9 Å². The number of nitrogens with zero attached hydrogens (tertiary/aromatic N) is 2. The normalized spacial score (nSPS) is 11.9. The highest BCUT2D eigenvalue weighted by Crippen LogP contribution is 2.27. The topological polar surface area (TPSA) is 126 Å². The number of halogens is 1. The summed E-state index contributed by atoms with van der Waals surface area (Å²) in [4.78, 5) is 37.7. The van der Waals surface area contributed by atoms with Crippen LogP contribution in [0.3, 0.4) is 0 Å². The Hall–Kier alpha value is -4.24. The summed E-state index contributed by atoms with van der Waals surface area (Å²) in [7, 11) is 1.90. The van der Waals surface area contributed by atoms with Gasteiger partial charge in [0, 0.05) is 35.5 Å². The van der Waals surface area contributed by atoms with Crippen molar-refractivity contribution in [3.05, 3.63) is 92.5 Å². The molecule has 0 aliphatic heterocycles. The first-order valence-corrected chi connectivity index (χ1v) is 11.9. The van der Waals surface area contributed by atoms with Crippen molar-refractivity contribution in [2.45, 2.75) is 32.9 Å². The number of aromatic hydroxyl groups is 1. The van der Waals surface area contributed by atoms with Crippen LogP contribution in [0.4, 0.5) is 10.5 Å². The van der Waals surface area contributed by atoms with E-state index in [0.717, 1.165) is 22.0 Å². The second-order valence-electron chi connectivity index (χ2n) is 9.00. The monoisotopic (exact) mass is 522 g/mol. The maximum absolute atomic E-state index is 13.2. The standard InChI is InChI=1S/C27H27ClN4O5/c1-15-5-4-6-20(28)19(15)14-32-13-16(2)25(35)24(26(32)36)30-27(37)29-21(12-23(33)34)17-7-8-22-18(11-17)9-10-31(22)3/h4-11,13,21,35H,12,14H2,1-3H3,(H,33,34)(H2,29,30,37)/t21-/m0/s1. The number of benzene rings is 2. The van der Waals surface area contributed by atoms with E-state index >= 15 is 0 Å². The molecule has 4 aromatic rings. The number of amides is 2. The fourth-order valence-electron chi connectivity index (χ4n) is 4.31. The first-order chi connectivity index (χ1) is 17.5. The molecule has 192 valence electrons. The second-order valence-corrected chi connectivity index (χ2v) is 9.41. The SMILES string of the molecule is Cc1cn(Cc2c(C)cccc2Cl)c(=O)c(NC(=O)N[C@@H](CC(=O)O)c2ccc3c(ccn3C)c2)c1O. The molecule has 0 aliphatic carbocycles. The number of carboxylic acid groups (broad SMARTS) is 1. The molecule has 2 aromatic heterocycles. The van der Waals surface area contributed by atoms with Crippen molar-refractivity contribution in [2.75, 3.05) is 5.32 Å². The molecular formula is C27H27ClN4O5. The van der Waals surface area contributed by atoms with Crippen molar-refractivity contribution in [3.8, 4) is 5.75 Å². The first-order valence-electron chi connectivity index (χ1n) is 11.6. The van der Waals surface area contributed by atoms with E-state index in [1.807, 2.05) is 55.1 Å². The van der Waals surface area contributed by atoms with Gasteiger partial charge in [0.2, 0.25) is 0 Å². The minimum Gasteiger partial charge on any atom is -0.505 e. The van der Waals surface area contributed by atoms with Crippen LogP contribution >= 0.6 is 11.6 Å². The molecule has 0 fully saturated rings. The van der Waals surface area contributed by atoms with Gasteiger partial charge < -0.3 is 30.0 Å². The summed E-state index contributed by atoms with van der Waals surface area (Å²) < 4.78 is 3.29. The molecule has 0 saturated carbocycles. The molecular weight excluding hydrogens is 496 g/mol. The molecule has 0 spiro atoms. The van der Waals surface area contributed by atoms with Gasteiger partial charge in [0.25, 0.3) is 5.56 Å². The zero-order valence-electron chi connectivity index (χ0n) is 20.6. The smallest absolute Gasteiger partial charge is 0.319 e. The Bertz CT molecular complexity index is 1550. The van der Waals surface area contributed by atoms with E-state index in [0.29, 0.717) is 16.1 Å². The average Bonchev–Trinajstić information content (AvgIpc) is 3.21. The number of fused-ring (bicyclic) bond motifs is 1. The van der Waals surface area contributed by atoms with Crippen LogP contribution in [0.15, 0.2) is 59.7 Å². The highest BCUT2D eigenvalue weighted by atomic mass is 35.5. The van der Waals surface area contributed by atoms with Crippen molar-refractivity contribution in [1.82, 2.24) is 14.5 Å². The number of carbonyl (C=O) groups excluding carboxylic acids is 1. The van der Waals surface area contributed by atoms with Gasteiger partial charge in [-0.2, -0.15) is 0 Å². The van der Waals surface area contributed by atoms with Crippen molar-refractivity contribution in [2.24, 2.45) is 7.05 Å². The van der Waals surface area contributed by atoms with Crippen molar-refractivity contribution in [1.29, 1.82) is 0 Å². The number of pyridine rings is 1. The molecule has 0 unspecified atom stereocenters. The molecule has 1 atom stereocenters. The molecule has 9 nitrogen and oxygen atoms in total.